The Morgan fingerprint density at radius 2 is 2.37 bits per heavy atom. The Balaban J connectivity index is 1.91. The van der Waals surface area contributed by atoms with Gasteiger partial charge in [-0.25, -0.2) is 4.90 Å². The van der Waals surface area contributed by atoms with Gasteiger partial charge in [-0.05, 0) is 0 Å². The maximum atomic E-state index is 10.8. The summed E-state index contributed by atoms with van der Waals surface area (Å²) in [7, 11) is 0. The Hall–Kier alpha value is -1.54. The fraction of sp³-hybridized carbons (Fsp3) is 0.500. The summed E-state index contributed by atoms with van der Waals surface area (Å²) in [5.74, 6) is 0. The van der Waals surface area contributed by atoms with Crippen LogP contribution in [0.3, 0.4) is 0 Å². The lowest BCUT2D eigenvalue weighted by molar-refractivity contribution is -0.385. The monoisotopic (exact) mass is 266 g/mol. The predicted molar refractivity (Wildman–Crippen MR) is 64.3 cm³/mol. The van der Waals surface area contributed by atoms with Crippen molar-refractivity contribution in [3.05, 3.63) is 39.9 Å². The lowest BCUT2D eigenvalue weighted by atomic mass is 10.0. The largest absolute Gasteiger partial charge is 0.394 e. The number of aliphatic hydroxyl groups excluding tert-OH is 1. The van der Waals surface area contributed by atoms with Gasteiger partial charge in [-0.3, -0.25) is 10.1 Å². The highest BCUT2D eigenvalue weighted by Crippen LogP contribution is 2.40. The van der Waals surface area contributed by atoms with Gasteiger partial charge in [0.25, 0.3) is 5.69 Å². The fourth-order valence-corrected chi connectivity index (χ4v) is 2.57. The molecule has 1 aromatic carbocycles. The molecule has 1 N–H and O–H groups in total. The number of rotatable bonds is 3. The zero-order valence-corrected chi connectivity index (χ0v) is 10.2. The van der Waals surface area contributed by atoms with E-state index < -0.39 is 16.7 Å². The summed E-state index contributed by atoms with van der Waals surface area (Å²) in [5.41, 5.74) is 0.215. The number of ether oxygens (including phenoxy) is 2. The van der Waals surface area contributed by atoms with Crippen molar-refractivity contribution >= 4 is 5.69 Å². The molecule has 0 amide bonds. The predicted octanol–water partition coefficient (Wildman–Crippen LogP) is 0.644. The van der Waals surface area contributed by atoms with Crippen LogP contribution in [0.15, 0.2) is 24.3 Å². The molecule has 0 aliphatic carbocycles. The van der Waals surface area contributed by atoms with Gasteiger partial charge < -0.3 is 14.6 Å². The van der Waals surface area contributed by atoms with Crippen LogP contribution in [0.25, 0.3) is 0 Å². The quantitative estimate of drug-likeness (QED) is 0.638. The first-order chi connectivity index (χ1) is 9.16. The first-order valence-electron chi connectivity index (χ1n) is 5.98. The van der Waals surface area contributed by atoms with Crippen molar-refractivity contribution in [2.75, 3.05) is 26.6 Å². The van der Waals surface area contributed by atoms with Crippen molar-refractivity contribution in [3.8, 4) is 0 Å². The molecule has 2 aliphatic rings. The number of hydrogen-bond acceptors (Lipinski definition) is 6. The zero-order chi connectivity index (χ0) is 13.5. The molecule has 1 aromatic rings. The highest BCUT2D eigenvalue weighted by atomic mass is 16.6. The third-order valence-corrected chi connectivity index (χ3v) is 3.66. The van der Waals surface area contributed by atoms with Crippen LogP contribution < -0.4 is 0 Å². The zero-order valence-electron chi connectivity index (χ0n) is 10.2. The minimum absolute atomic E-state index is 0.0303. The number of hydrogen-bond donors (Lipinski definition) is 1. The molecule has 19 heavy (non-hydrogen) atoms. The van der Waals surface area contributed by atoms with E-state index in [0.29, 0.717) is 25.5 Å². The first-order valence-corrected chi connectivity index (χ1v) is 5.98. The van der Waals surface area contributed by atoms with E-state index in [1.807, 2.05) is 4.90 Å². The number of nitro groups is 1. The first kappa shape index (κ1) is 12.5. The summed E-state index contributed by atoms with van der Waals surface area (Å²) in [6, 6.07) is 6.35. The number of aliphatic hydroxyl groups is 1. The van der Waals surface area contributed by atoms with E-state index in [1.54, 1.807) is 12.1 Å². The molecular weight excluding hydrogens is 252 g/mol. The van der Waals surface area contributed by atoms with Crippen molar-refractivity contribution in [2.45, 2.75) is 11.8 Å². The van der Waals surface area contributed by atoms with Crippen LogP contribution in [-0.4, -0.2) is 47.0 Å². The Morgan fingerprint density at radius 3 is 3.11 bits per heavy atom. The van der Waals surface area contributed by atoms with Crippen molar-refractivity contribution in [1.82, 2.24) is 4.90 Å². The number of nitro benzene ring substituents is 1. The van der Waals surface area contributed by atoms with Crippen molar-refractivity contribution < 1.29 is 19.5 Å². The highest BCUT2D eigenvalue weighted by molar-refractivity contribution is 5.35. The van der Waals surface area contributed by atoms with Gasteiger partial charge in [-0.15, -0.1) is 0 Å². The summed E-state index contributed by atoms with van der Waals surface area (Å²) in [6.07, 6.45) is -0.408. The van der Waals surface area contributed by atoms with E-state index in [2.05, 4.69) is 0 Å². The standard InChI is InChI=1S/C12H14N2O5/c15-5-12-6-18-8-13(12)11(19-7-12)9-2-1-3-10(4-9)14(16)17/h1-4,11,15H,5-8H2/t11-,12+/m0/s1. The SMILES string of the molecule is O=[N+]([O-])c1cccc([C@@H]2OC[C@@]3(CO)COCN23)c1. The van der Waals surface area contributed by atoms with E-state index in [9.17, 15) is 15.2 Å². The lowest BCUT2D eigenvalue weighted by Gasteiger charge is -2.28. The molecular formula is C12H14N2O5. The van der Waals surface area contributed by atoms with Crippen LogP contribution in [0, 0.1) is 10.1 Å². The maximum Gasteiger partial charge on any atom is 0.269 e. The van der Waals surface area contributed by atoms with E-state index in [1.165, 1.54) is 12.1 Å². The number of benzene rings is 1. The van der Waals surface area contributed by atoms with Gasteiger partial charge in [0.2, 0.25) is 0 Å². The van der Waals surface area contributed by atoms with Crippen LogP contribution in [0.5, 0.6) is 0 Å². The number of non-ortho nitro benzene ring substituents is 1. The molecule has 0 radical (unpaired) electrons. The summed E-state index contributed by atoms with van der Waals surface area (Å²) in [4.78, 5) is 12.3. The molecule has 0 aromatic heterocycles. The minimum Gasteiger partial charge on any atom is -0.394 e. The molecule has 7 nitrogen and oxygen atoms in total. The summed E-state index contributed by atoms with van der Waals surface area (Å²) in [5, 5.41) is 20.3. The van der Waals surface area contributed by atoms with Gasteiger partial charge >= 0.3 is 0 Å². The van der Waals surface area contributed by atoms with E-state index in [0.717, 1.165) is 0 Å². The maximum absolute atomic E-state index is 10.8. The molecule has 102 valence electrons. The van der Waals surface area contributed by atoms with Crippen molar-refractivity contribution in [1.29, 1.82) is 0 Å². The van der Waals surface area contributed by atoms with Crippen LogP contribution in [-0.2, 0) is 9.47 Å². The van der Waals surface area contributed by atoms with Gasteiger partial charge in [0.05, 0.1) is 30.3 Å². The topological polar surface area (TPSA) is 85.1 Å². The third kappa shape index (κ3) is 1.91. The van der Waals surface area contributed by atoms with Crippen LogP contribution in [0.1, 0.15) is 11.8 Å². The molecule has 0 unspecified atom stereocenters. The summed E-state index contributed by atoms with van der Waals surface area (Å²) < 4.78 is 11.1. The highest BCUT2D eigenvalue weighted by Gasteiger charge is 2.51. The fourth-order valence-electron chi connectivity index (χ4n) is 2.57. The molecule has 7 heteroatoms. The molecule has 2 heterocycles. The van der Waals surface area contributed by atoms with Gasteiger partial charge in [-0.2, -0.15) is 0 Å². The minimum atomic E-state index is -0.519. The summed E-state index contributed by atoms with van der Waals surface area (Å²) >= 11 is 0. The molecule has 2 fully saturated rings. The Morgan fingerprint density at radius 1 is 1.53 bits per heavy atom. The molecule has 2 atom stereocenters. The van der Waals surface area contributed by atoms with Crippen LogP contribution >= 0.6 is 0 Å². The molecule has 0 saturated carbocycles. The van der Waals surface area contributed by atoms with E-state index in [-0.39, 0.29) is 12.3 Å². The Kier molecular flexibility index (Phi) is 2.98. The second-order valence-electron chi connectivity index (χ2n) is 4.85. The smallest absolute Gasteiger partial charge is 0.269 e. The van der Waals surface area contributed by atoms with Crippen LogP contribution in [0.2, 0.25) is 0 Å². The van der Waals surface area contributed by atoms with Gasteiger partial charge in [0.1, 0.15) is 13.0 Å². The van der Waals surface area contributed by atoms with Gasteiger partial charge in [0, 0.05) is 17.7 Å². The van der Waals surface area contributed by atoms with Gasteiger partial charge in [-0.1, -0.05) is 12.1 Å². The molecule has 2 aliphatic heterocycles. The average Bonchev–Trinajstić information content (AvgIpc) is 2.97. The lowest BCUT2D eigenvalue weighted by Crippen LogP contribution is -2.47. The summed E-state index contributed by atoms with van der Waals surface area (Å²) in [6.45, 7) is 1.07. The molecule has 0 spiro atoms. The van der Waals surface area contributed by atoms with E-state index >= 15 is 0 Å². The number of nitrogens with zero attached hydrogens (tertiary/aromatic N) is 2. The van der Waals surface area contributed by atoms with Crippen molar-refractivity contribution in [2.24, 2.45) is 0 Å². The molecule has 0 bridgehead atoms. The number of fused-ring (bicyclic) bond motifs is 1. The third-order valence-electron chi connectivity index (χ3n) is 3.66. The van der Waals surface area contributed by atoms with Gasteiger partial charge in [0.15, 0.2) is 0 Å². The Labute approximate surface area is 109 Å². The van der Waals surface area contributed by atoms with Crippen molar-refractivity contribution in [3.63, 3.8) is 0 Å². The average molecular weight is 266 g/mol. The van der Waals surface area contributed by atoms with E-state index in [4.69, 9.17) is 9.47 Å². The normalized spacial score (nSPS) is 30.5. The Bertz CT molecular complexity index is 509. The van der Waals surface area contributed by atoms with Crippen LogP contribution in [0.4, 0.5) is 5.69 Å². The second-order valence-corrected chi connectivity index (χ2v) is 4.85. The second kappa shape index (κ2) is 4.53. The molecule has 3 rings (SSSR count). The molecule has 2 saturated heterocycles.